The highest BCUT2D eigenvalue weighted by Crippen LogP contribution is 2.31. The van der Waals surface area contributed by atoms with Crippen molar-refractivity contribution in [3.8, 4) is 0 Å². The summed E-state index contributed by atoms with van der Waals surface area (Å²) < 4.78 is 13.7. The van der Waals surface area contributed by atoms with Gasteiger partial charge in [0, 0.05) is 5.69 Å². The number of aryl methyl sites for hydroxylation is 1. The minimum atomic E-state index is -0.561. The summed E-state index contributed by atoms with van der Waals surface area (Å²) in [4.78, 5) is 20.8. The van der Waals surface area contributed by atoms with Crippen molar-refractivity contribution in [1.82, 2.24) is 9.97 Å². The zero-order chi connectivity index (χ0) is 18.7. The fraction of sp³-hybridized carbons (Fsp3) is 0.0556. The molecule has 1 heterocycles. The van der Waals surface area contributed by atoms with E-state index < -0.39 is 11.7 Å². The Labute approximate surface area is 159 Å². The Morgan fingerprint density at radius 2 is 1.73 bits per heavy atom. The van der Waals surface area contributed by atoms with Crippen molar-refractivity contribution in [2.24, 2.45) is 0 Å². The molecule has 0 saturated heterocycles. The van der Waals surface area contributed by atoms with Crippen LogP contribution >= 0.6 is 23.2 Å². The third-order valence-corrected chi connectivity index (χ3v) is 4.04. The maximum Gasteiger partial charge on any atom is 0.274 e. The number of para-hydroxylation sites is 2. The Morgan fingerprint density at radius 3 is 2.42 bits per heavy atom. The van der Waals surface area contributed by atoms with E-state index in [1.165, 1.54) is 24.3 Å². The van der Waals surface area contributed by atoms with Crippen molar-refractivity contribution in [2.75, 3.05) is 10.6 Å². The van der Waals surface area contributed by atoms with Crippen molar-refractivity contribution >= 4 is 46.4 Å². The number of carbonyl (C=O) groups excluding carboxylic acids is 1. The Morgan fingerprint density at radius 1 is 1.04 bits per heavy atom. The molecule has 8 heteroatoms. The normalized spacial score (nSPS) is 10.5. The average molecular weight is 391 g/mol. The number of hydrogen-bond donors (Lipinski definition) is 2. The lowest BCUT2D eigenvalue weighted by molar-refractivity contribution is 0.102. The fourth-order valence-corrected chi connectivity index (χ4v) is 2.71. The largest absolute Gasteiger partial charge is 0.322 e. The summed E-state index contributed by atoms with van der Waals surface area (Å²) >= 11 is 12.2. The van der Waals surface area contributed by atoms with Gasteiger partial charge in [0.25, 0.3) is 5.91 Å². The molecule has 0 fully saturated rings. The molecule has 26 heavy (non-hydrogen) atoms. The molecule has 0 spiro atoms. The number of rotatable bonds is 4. The van der Waals surface area contributed by atoms with Crippen molar-refractivity contribution in [3.63, 3.8) is 0 Å². The van der Waals surface area contributed by atoms with Crippen LogP contribution in [0.15, 0.2) is 48.5 Å². The number of carbonyl (C=O) groups is 1. The van der Waals surface area contributed by atoms with Crippen LogP contribution in [0.4, 0.5) is 21.7 Å². The standard InChI is InChI=1S/C18H13Cl2FN4O/c1-10-9-15(17(26)23-14-8-3-2-7-13(14)21)24-18(22-10)25-16-11(19)5-4-6-12(16)20/h2-9H,1H3,(H,23,26)(H,22,24,25). The molecule has 5 nitrogen and oxygen atoms in total. The zero-order valence-electron chi connectivity index (χ0n) is 13.6. The summed E-state index contributed by atoms with van der Waals surface area (Å²) in [7, 11) is 0. The number of nitrogens with one attached hydrogen (secondary N) is 2. The molecule has 0 atom stereocenters. The maximum atomic E-state index is 13.7. The number of anilines is 3. The van der Waals surface area contributed by atoms with Gasteiger partial charge >= 0.3 is 0 Å². The van der Waals surface area contributed by atoms with Gasteiger partial charge in [0.05, 0.1) is 21.4 Å². The number of halogens is 3. The molecule has 0 bridgehead atoms. The summed E-state index contributed by atoms with van der Waals surface area (Å²) in [6.07, 6.45) is 0. The predicted molar refractivity (Wildman–Crippen MR) is 101 cm³/mol. The van der Waals surface area contributed by atoms with Crippen LogP contribution in [0.2, 0.25) is 10.0 Å². The van der Waals surface area contributed by atoms with Gasteiger partial charge in [-0.2, -0.15) is 0 Å². The van der Waals surface area contributed by atoms with E-state index in [-0.39, 0.29) is 17.3 Å². The van der Waals surface area contributed by atoms with Gasteiger partial charge < -0.3 is 10.6 Å². The lowest BCUT2D eigenvalue weighted by atomic mass is 10.2. The summed E-state index contributed by atoms with van der Waals surface area (Å²) in [5.41, 5.74) is 1.12. The van der Waals surface area contributed by atoms with E-state index in [2.05, 4.69) is 20.6 Å². The van der Waals surface area contributed by atoms with E-state index in [1.807, 2.05) is 0 Å². The van der Waals surface area contributed by atoms with Crippen molar-refractivity contribution in [3.05, 3.63) is 75.8 Å². The molecule has 0 unspecified atom stereocenters. The molecule has 1 aromatic heterocycles. The van der Waals surface area contributed by atoms with Crippen LogP contribution in [-0.2, 0) is 0 Å². The Kier molecular flexibility index (Phi) is 5.35. The quantitative estimate of drug-likeness (QED) is 0.640. The average Bonchev–Trinajstić information content (AvgIpc) is 2.60. The molecule has 2 N–H and O–H groups in total. The molecule has 1 amide bonds. The summed E-state index contributed by atoms with van der Waals surface area (Å²) in [6, 6.07) is 12.4. The molecular weight excluding hydrogens is 378 g/mol. The zero-order valence-corrected chi connectivity index (χ0v) is 15.1. The molecular formula is C18H13Cl2FN4O. The first-order chi connectivity index (χ1) is 12.4. The SMILES string of the molecule is Cc1cc(C(=O)Nc2ccccc2F)nc(Nc2c(Cl)cccc2Cl)n1. The van der Waals surface area contributed by atoms with Crippen molar-refractivity contribution in [2.45, 2.75) is 6.92 Å². The minimum Gasteiger partial charge on any atom is -0.322 e. The highest BCUT2D eigenvalue weighted by Gasteiger charge is 2.14. The second-order valence-corrected chi connectivity index (χ2v) is 6.19. The van der Waals surface area contributed by atoms with Gasteiger partial charge in [-0.05, 0) is 37.3 Å². The van der Waals surface area contributed by atoms with Crippen LogP contribution in [0.25, 0.3) is 0 Å². The van der Waals surface area contributed by atoms with Crippen LogP contribution in [0.3, 0.4) is 0 Å². The van der Waals surface area contributed by atoms with Crippen LogP contribution in [0.5, 0.6) is 0 Å². The van der Waals surface area contributed by atoms with E-state index >= 15 is 0 Å². The third-order valence-electron chi connectivity index (χ3n) is 3.41. The van der Waals surface area contributed by atoms with E-state index in [0.29, 0.717) is 21.4 Å². The highest BCUT2D eigenvalue weighted by atomic mass is 35.5. The number of nitrogens with zero attached hydrogens (tertiary/aromatic N) is 2. The second kappa shape index (κ2) is 7.68. The monoisotopic (exact) mass is 390 g/mol. The van der Waals surface area contributed by atoms with Gasteiger partial charge in [-0.15, -0.1) is 0 Å². The van der Waals surface area contributed by atoms with Gasteiger partial charge in [0.2, 0.25) is 5.95 Å². The number of amides is 1. The Hall–Kier alpha value is -2.70. The second-order valence-electron chi connectivity index (χ2n) is 5.37. The molecule has 3 rings (SSSR count). The molecule has 0 aliphatic carbocycles. The molecule has 3 aromatic rings. The van der Waals surface area contributed by atoms with Crippen molar-refractivity contribution in [1.29, 1.82) is 0 Å². The lowest BCUT2D eigenvalue weighted by Crippen LogP contribution is -2.16. The smallest absolute Gasteiger partial charge is 0.274 e. The minimum absolute atomic E-state index is 0.0671. The molecule has 0 aliphatic rings. The molecule has 0 saturated carbocycles. The first-order valence-electron chi connectivity index (χ1n) is 7.56. The fourth-order valence-electron chi connectivity index (χ4n) is 2.22. The predicted octanol–water partition coefficient (Wildman–Crippen LogP) is 5.23. The molecule has 0 aliphatic heterocycles. The number of benzene rings is 2. The first kappa shape index (κ1) is 18.1. The lowest BCUT2D eigenvalue weighted by Gasteiger charge is -2.11. The van der Waals surface area contributed by atoms with E-state index in [0.717, 1.165) is 0 Å². The van der Waals surface area contributed by atoms with Gasteiger partial charge in [0.1, 0.15) is 11.5 Å². The Bertz CT molecular complexity index is 961. The molecule has 0 radical (unpaired) electrons. The van der Waals surface area contributed by atoms with Crippen LogP contribution < -0.4 is 10.6 Å². The van der Waals surface area contributed by atoms with E-state index in [9.17, 15) is 9.18 Å². The van der Waals surface area contributed by atoms with E-state index in [4.69, 9.17) is 23.2 Å². The Balaban J connectivity index is 1.88. The van der Waals surface area contributed by atoms with Crippen LogP contribution in [0.1, 0.15) is 16.2 Å². The first-order valence-corrected chi connectivity index (χ1v) is 8.32. The summed E-state index contributed by atoms with van der Waals surface area (Å²) in [5, 5.41) is 6.17. The van der Waals surface area contributed by atoms with Crippen molar-refractivity contribution < 1.29 is 9.18 Å². The molecule has 2 aromatic carbocycles. The number of aromatic nitrogens is 2. The van der Waals surface area contributed by atoms with Gasteiger partial charge in [0.15, 0.2) is 0 Å². The van der Waals surface area contributed by atoms with Gasteiger partial charge in [-0.3, -0.25) is 4.79 Å². The van der Waals surface area contributed by atoms with Gasteiger partial charge in [-0.25, -0.2) is 14.4 Å². The van der Waals surface area contributed by atoms with Crippen LogP contribution in [-0.4, -0.2) is 15.9 Å². The van der Waals surface area contributed by atoms with Gasteiger partial charge in [-0.1, -0.05) is 41.4 Å². The van der Waals surface area contributed by atoms with Crippen LogP contribution in [0, 0.1) is 12.7 Å². The third kappa shape index (κ3) is 4.09. The number of hydrogen-bond acceptors (Lipinski definition) is 4. The summed E-state index contributed by atoms with van der Waals surface area (Å²) in [5.74, 6) is -0.944. The maximum absolute atomic E-state index is 13.7. The van der Waals surface area contributed by atoms with E-state index in [1.54, 1.807) is 31.2 Å². The molecule has 132 valence electrons. The topological polar surface area (TPSA) is 66.9 Å². The highest BCUT2D eigenvalue weighted by molar-refractivity contribution is 6.39. The summed E-state index contributed by atoms with van der Waals surface area (Å²) in [6.45, 7) is 1.71.